The lowest BCUT2D eigenvalue weighted by molar-refractivity contribution is 0.0646. The van der Waals surface area contributed by atoms with Gasteiger partial charge in [0.1, 0.15) is 17.3 Å². The topological polar surface area (TPSA) is 56.6 Å². The van der Waals surface area contributed by atoms with Crippen molar-refractivity contribution in [1.29, 1.82) is 0 Å². The van der Waals surface area contributed by atoms with Crippen LogP contribution in [-0.2, 0) is 6.54 Å². The SMILES string of the molecule is COc1cc(C(=O)N(C)Cc2nc3ccccc3n2C(F)F)cc(OC)c1C. The van der Waals surface area contributed by atoms with Crippen LogP contribution in [0.5, 0.6) is 11.5 Å². The van der Waals surface area contributed by atoms with E-state index in [2.05, 4.69) is 4.98 Å². The Hall–Kier alpha value is -3.16. The third kappa shape index (κ3) is 3.49. The van der Waals surface area contributed by atoms with Crippen LogP contribution in [0.4, 0.5) is 8.78 Å². The number of nitrogens with zero attached hydrogens (tertiary/aromatic N) is 3. The summed E-state index contributed by atoms with van der Waals surface area (Å²) in [5, 5.41) is 0. The van der Waals surface area contributed by atoms with Crippen molar-refractivity contribution < 1.29 is 23.0 Å². The van der Waals surface area contributed by atoms with Gasteiger partial charge in [0.15, 0.2) is 0 Å². The Bertz CT molecular complexity index is 992. The van der Waals surface area contributed by atoms with E-state index < -0.39 is 6.55 Å². The predicted octanol–water partition coefficient (Wildman–Crippen LogP) is 4.03. The van der Waals surface area contributed by atoms with Crippen molar-refractivity contribution in [3.05, 3.63) is 53.3 Å². The number of carbonyl (C=O) groups excluding carboxylic acids is 1. The van der Waals surface area contributed by atoms with E-state index in [9.17, 15) is 13.6 Å². The van der Waals surface area contributed by atoms with E-state index in [-0.39, 0.29) is 18.3 Å². The number of hydrogen-bond donors (Lipinski definition) is 0. The Labute approximate surface area is 161 Å². The van der Waals surface area contributed by atoms with Crippen molar-refractivity contribution >= 4 is 16.9 Å². The van der Waals surface area contributed by atoms with Crippen molar-refractivity contribution in [3.63, 3.8) is 0 Å². The van der Waals surface area contributed by atoms with E-state index >= 15 is 0 Å². The van der Waals surface area contributed by atoms with Gasteiger partial charge in [-0.25, -0.2) is 4.98 Å². The third-order valence-electron chi connectivity index (χ3n) is 4.59. The van der Waals surface area contributed by atoms with Crippen molar-refractivity contribution in [2.24, 2.45) is 0 Å². The van der Waals surface area contributed by atoms with Crippen LogP contribution in [0.25, 0.3) is 11.0 Å². The molecule has 0 radical (unpaired) electrons. The molecule has 2 aromatic carbocycles. The molecule has 1 amide bonds. The van der Waals surface area contributed by atoms with Gasteiger partial charge in [0.05, 0.1) is 31.8 Å². The number of amides is 1. The maximum atomic E-state index is 13.6. The number of hydrogen-bond acceptors (Lipinski definition) is 4. The third-order valence-corrected chi connectivity index (χ3v) is 4.59. The molecule has 3 aromatic rings. The van der Waals surface area contributed by atoms with Crippen molar-refractivity contribution in [2.75, 3.05) is 21.3 Å². The second-order valence-electron chi connectivity index (χ2n) is 6.33. The number of imidazole rings is 1. The Morgan fingerprint density at radius 2 is 1.79 bits per heavy atom. The van der Waals surface area contributed by atoms with Gasteiger partial charge >= 0.3 is 6.55 Å². The fourth-order valence-corrected chi connectivity index (χ4v) is 3.14. The molecule has 3 rings (SSSR count). The highest BCUT2D eigenvalue weighted by atomic mass is 19.3. The normalized spacial score (nSPS) is 11.1. The molecule has 0 saturated carbocycles. The fraction of sp³-hybridized carbons (Fsp3) is 0.300. The van der Waals surface area contributed by atoms with Crippen LogP contribution < -0.4 is 9.47 Å². The quantitative estimate of drug-likeness (QED) is 0.639. The number of fused-ring (bicyclic) bond motifs is 1. The molecule has 0 spiro atoms. The Morgan fingerprint density at radius 3 is 2.36 bits per heavy atom. The summed E-state index contributed by atoms with van der Waals surface area (Å²) in [5.74, 6) is 0.773. The van der Waals surface area contributed by atoms with E-state index in [1.54, 1.807) is 36.4 Å². The van der Waals surface area contributed by atoms with Gasteiger partial charge in [-0.05, 0) is 31.2 Å². The Kier molecular flexibility index (Phi) is 5.48. The number of halogens is 2. The molecule has 0 unspecified atom stereocenters. The standard InChI is InChI=1S/C20H21F2N3O3/c1-12-16(27-3)9-13(10-17(12)28-4)19(26)24(2)11-18-23-14-7-5-6-8-15(14)25(18)20(21)22/h5-10,20H,11H2,1-4H3. The number of ether oxygens (including phenoxy) is 2. The predicted molar refractivity (Wildman–Crippen MR) is 101 cm³/mol. The molecule has 0 aliphatic carbocycles. The van der Waals surface area contributed by atoms with Gasteiger partial charge in [0, 0.05) is 18.2 Å². The molecule has 1 aromatic heterocycles. The maximum absolute atomic E-state index is 13.6. The van der Waals surface area contributed by atoms with Crippen LogP contribution in [0.15, 0.2) is 36.4 Å². The van der Waals surface area contributed by atoms with Crippen LogP contribution in [0.3, 0.4) is 0 Å². The van der Waals surface area contributed by atoms with Crippen LogP contribution >= 0.6 is 0 Å². The van der Waals surface area contributed by atoms with Gasteiger partial charge in [0.2, 0.25) is 0 Å². The number of rotatable bonds is 6. The molecule has 0 N–H and O–H groups in total. The lowest BCUT2D eigenvalue weighted by Gasteiger charge is -2.19. The molecule has 6 nitrogen and oxygen atoms in total. The zero-order chi connectivity index (χ0) is 20.4. The van der Waals surface area contributed by atoms with Crippen LogP contribution in [0.1, 0.15) is 28.3 Å². The monoisotopic (exact) mass is 389 g/mol. The molecule has 0 saturated heterocycles. The van der Waals surface area contributed by atoms with Crippen molar-refractivity contribution in [2.45, 2.75) is 20.0 Å². The Balaban J connectivity index is 1.94. The number of methoxy groups -OCH3 is 2. The summed E-state index contributed by atoms with van der Waals surface area (Å²) in [6.07, 6.45) is 0. The molecule has 28 heavy (non-hydrogen) atoms. The average Bonchev–Trinajstić information content (AvgIpc) is 3.05. The van der Waals surface area contributed by atoms with Crippen LogP contribution in [-0.4, -0.2) is 41.6 Å². The number of carbonyl (C=O) groups is 1. The van der Waals surface area contributed by atoms with Gasteiger partial charge < -0.3 is 14.4 Å². The summed E-state index contributed by atoms with van der Waals surface area (Å²) in [7, 11) is 4.55. The number of benzene rings is 2. The van der Waals surface area contributed by atoms with Crippen LogP contribution in [0.2, 0.25) is 0 Å². The minimum absolute atomic E-state index is 0.0731. The molecule has 0 aliphatic heterocycles. The van der Waals surface area contributed by atoms with E-state index in [4.69, 9.17) is 9.47 Å². The number of para-hydroxylation sites is 2. The maximum Gasteiger partial charge on any atom is 0.320 e. The summed E-state index contributed by atoms with van der Waals surface area (Å²) in [4.78, 5) is 18.5. The van der Waals surface area contributed by atoms with E-state index in [0.717, 1.165) is 10.1 Å². The molecular weight excluding hydrogens is 368 g/mol. The molecule has 0 aliphatic rings. The molecule has 0 fully saturated rings. The van der Waals surface area contributed by atoms with E-state index in [1.165, 1.54) is 26.2 Å². The second-order valence-corrected chi connectivity index (χ2v) is 6.33. The van der Waals surface area contributed by atoms with Crippen LogP contribution in [0, 0.1) is 6.92 Å². The lowest BCUT2D eigenvalue weighted by Crippen LogP contribution is -2.28. The molecule has 8 heteroatoms. The highest BCUT2D eigenvalue weighted by molar-refractivity contribution is 5.95. The number of alkyl halides is 2. The zero-order valence-electron chi connectivity index (χ0n) is 16.1. The first-order chi connectivity index (χ1) is 13.4. The summed E-state index contributed by atoms with van der Waals surface area (Å²) in [6.45, 7) is -1.01. The van der Waals surface area contributed by atoms with Gasteiger partial charge in [0.25, 0.3) is 5.91 Å². The molecule has 0 bridgehead atoms. The van der Waals surface area contributed by atoms with Crippen molar-refractivity contribution in [3.8, 4) is 11.5 Å². The van der Waals surface area contributed by atoms with Crippen molar-refractivity contribution in [1.82, 2.24) is 14.5 Å². The molecule has 1 heterocycles. The number of aromatic nitrogens is 2. The zero-order valence-corrected chi connectivity index (χ0v) is 16.1. The summed E-state index contributed by atoms with van der Waals surface area (Å²) < 4.78 is 38.6. The largest absolute Gasteiger partial charge is 0.496 e. The second kappa shape index (κ2) is 7.84. The highest BCUT2D eigenvalue weighted by Gasteiger charge is 2.22. The van der Waals surface area contributed by atoms with E-state index in [1.807, 2.05) is 6.92 Å². The van der Waals surface area contributed by atoms with Gasteiger partial charge in [-0.2, -0.15) is 8.78 Å². The molecule has 148 valence electrons. The summed E-state index contributed by atoms with van der Waals surface area (Å²) in [5.41, 5.74) is 1.88. The molecular formula is C20H21F2N3O3. The van der Waals surface area contributed by atoms with E-state index in [0.29, 0.717) is 28.1 Å². The first-order valence-corrected chi connectivity index (χ1v) is 8.59. The lowest BCUT2D eigenvalue weighted by atomic mass is 10.1. The minimum Gasteiger partial charge on any atom is -0.496 e. The fourth-order valence-electron chi connectivity index (χ4n) is 3.14. The minimum atomic E-state index is -2.76. The van der Waals surface area contributed by atoms with Gasteiger partial charge in [-0.15, -0.1) is 0 Å². The first-order valence-electron chi connectivity index (χ1n) is 8.59. The Morgan fingerprint density at radius 1 is 1.18 bits per heavy atom. The summed E-state index contributed by atoms with van der Waals surface area (Å²) >= 11 is 0. The first kappa shape index (κ1) is 19.6. The smallest absolute Gasteiger partial charge is 0.320 e. The highest BCUT2D eigenvalue weighted by Crippen LogP contribution is 2.30. The van der Waals surface area contributed by atoms with Gasteiger partial charge in [-0.1, -0.05) is 12.1 Å². The van der Waals surface area contributed by atoms with Gasteiger partial charge in [-0.3, -0.25) is 9.36 Å². The average molecular weight is 389 g/mol. The summed E-state index contributed by atoms with van der Waals surface area (Å²) in [6, 6.07) is 9.85. The molecule has 0 atom stereocenters.